The second kappa shape index (κ2) is 7.81. The van der Waals surface area contributed by atoms with Crippen molar-refractivity contribution < 1.29 is 4.74 Å². The van der Waals surface area contributed by atoms with Gasteiger partial charge in [-0.1, -0.05) is 25.5 Å². The van der Waals surface area contributed by atoms with Crippen LogP contribution in [-0.2, 0) is 6.42 Å². The topological polar surface area (TPSA) is 38.5 Å². The zero-order chi connectivity index (χ0) is 15.2. The Hall–Kier alpha value is -1.06. The fourth-order valence-electron chi connectivity index (χ4n) is 3.55. The van der Waals surface area contributed by atoms with Crippen LogP contribution in [0.25, 0.3) is 0 Å². The Kier molecular flexibility index (Phi) is 6.07. The van der Waals surface area contributed by atoms with Gasteiger partial charge in [-0.15, -0.1) is 0 Å². The highest BCUT2D eigenvalue weighted by atomic mass is 16.5. The Morgan fingerprint density at radius 2 is 2.05 bits per heavy atom. The Morgan fingerprint density at radius 3 is 2.62 bits per heavy atom. The molecule has 1 saturated heterocycles. The molecule has 3 unspecified atom stereocenters. The number of methoxy groups -OCH3 is 1. The van der Waals surface area contributed by atoms with Crippen LogP contribution in [-0.4, -0.2) is 37.2 Å². The average Bonchev–Trinajstić information content (AvgIpc) is 2.54. The maximum Gasteiger partial charge on any atom is 0.118 e. The quantitative estimate of drug-likeness (QED) is 0.875. The normalized spacial score (nSPS) is 24.8. The van der Waals surface area contributed by atoms with E-state index in [2.05, 4.69) is 30.9 Å². The minimum atomic E-state index is 0.546. The molecule has 1 aliphatic heterocycles. The minimum Gasteiger partial charge on any atom is -0.497 e. The number of piperidine rings is 1. The zero-order valence-corrected chi connectivity index (χ0v) is 13.7. The molecule has 1 aliphatic rings. The van der Waals surface area contributed by atoms with E-state index in [4.69, 9.17) is 10.5 Å². The molecule has 3 heteroatoms. The molecule has 0 aliphatic carbocycles. The lowest BCUT2D eigenvalue weighted by atomic mass is 9.87. The maximum atomic E-state index is 6.02. The van der Waals surface area contributed by atoms with Gasteiger partial charge in [0.2, 0.25) is 0 Å². The predicted molar refractivity (Wildman–Crippen MR) is 88.7 cm³/mol. The monoisotopic (exact) mass is 290 g/mol. The number of hydrogen-bond donors (Lipinski definition) is 1. The van der Waals surface area contributed by atoms with Crippen LogP contribution in [0, 0.1) is 5.92 Å². The standard InChI is InChI=1S/C18H30N2O/c1-4-15-9-10-20(17(12-15)13-19)14(2)11-16-5-7-18(21-3)8-6-16/h5-8,14-15,17H,4,9-13,19H2,1-3H3. The lowest BCUT2D eigenvalue weighted by molar-refractivity contribution is 0.0775. The third kappa shape index (κ3) is 4.21. The first-order chi connectivity index (χ1) is 10.2. The Balaban J connectivity index is 1.96. The first-order valence-electron chi connectivity index (χ1n) is 8.26. The van der Waals surface area contributed by atoms with Crippen molar-refractivity contribution in [2.75, 3.05) is 20.2 Å². The van der Waals surface area contributed by atoms with E-state index >= 15 is 0 Å². The van der Waals surface area contributed by atoms with Gasteiger partial charge in [0.25, 0.3) is 0 Å². The van der Waals surface area contributed by atoms with Gasteiger partial charge in [0.05, 0.1) is 7.11 Å². The lowest BCUT2D eigenvalue weighted by Gasteiger charge is -2.42. The van der Waals surface area contributed by atoms with Crippen molar-refractivity contribution in [2.24, 2.45) is 11.7 Å². The van der Waals surface area contributed by atoms with Gasteiger partial charge in [0.1, 0.15) is 5.75 Å². The summed E-state index contributed by atoms with van der Waals surface area (Å²) in [6, 6.07) is 9.54. The second-order valence-electron chi connectivity index (χ2n) is 6.33. The van der Waals surface area contributed by atoms with Crippen molar-refractivity contribution in [1.29, 1.82) is 0 Å². The van der Waals surface area contributed by atoms with E-state index in [1.807, 2.05) is 12.1 Å². The minimum absolute atomic E-state index is 0.546. The first kappa shape index (κ1) is 16.3. The van der Waals surface area contributed by atoms with Crippen LogP contribution in [0.1, 0.15) is 38.7 Å². The summed E-state index contributed by atoms with van der Waals surface area (Å²) >= 11 is 0. The zero-order valence-electron chi connectivity index (χ0n) is 13.7. The van der Waals surface area contributed by atoms with E-state index in [9.17, 15) is 0 Å². The van der Waals surface area contributed by atoms with Crippen molar-refractivity contribution in [2.45, 2.75) is 51.6 Å². The van der Waals surface area contributed by atoms with Gasteiger partial charge in [0, 0.05) is 18.6 Å². The van der Waals surface area contributed by atoms with Crippen molar-refractivity contribution in [3.05, 3.63) is 29.8 Å². The van der Waals surface area contributed by atoms with Gasteiger partial charge in [-0.25, -0.2) is 0 Å². The highest BCUT2D eigenvalue weighted by Crippen LogP contribution is 2.27. The van der Waals surface area contributed by atoms with Gasteiger partial charge >= 0.3 is 0 Å². The average molecular weight is 290 g/mol. The molecule has 0 bridgehead atoms. The molecule has 0 saturated carbocycles. The summed E-state index contributed by atoms with van der Waals surface area (Å²) in [6.07, 6.45) is 4.95. The summed E-state index contributed by atoms with van der Waals surface area (Å²) in [6.45, 7) is 6.61. The largest absolute Gasteiger partial charge is 0.497 e. The fourth-order valence-corrected chi connectivity index (χ4v) is 3.55. The van der Waals surface area contributed by atoms with Gasteiger partial charge < -0.3 is 10.5 Å². The summed E-state index contributed by atoms with van der Waals surface area (Å²) < 4.78 is 5.22. The molecule has 2 N–H and O–H groups in total. The predicted octanol–water partition coefficient (Wildman–Crippen LogP) is 3.08. The summed E-state index contributed by atoms with van der Waals surface area (Å²) in [5.41, 5.74) is 7.39. The number of ether oxygens (including phenoxy) is 1. The molecule has 0 spiro atoms. The van der Waals surface area contributed by atoms with Gasteiger partial charge in [-0.2, -0.15) is 0 Å². The molecule has 1 heterocycles. The van der Waals surface area contributed by atoms with Crippen molar-refractivity contribution in [3.63, 3.8) is 0 Å². The number of nitrogens with two attached hydrogens (primary N) is 1. The van der Waals surface area contributed by atoms with Gasteiger partial charge in [-0.05, 0) is 56.3 Å². The molecule has 3 atom stereocenters. The molecule has 118 valence electrons. The second-order valence-corrected chi connectivity index (χ2v) is 6.33. The van der Waals surface area contributed by atoms with Crippen LogP contribution in [0.4, 0.5) is 0 Å². The van der Waals surface area contributed by atoms with Crippen molar-refractivity contribution in [3.8, 4) is 5.75 Å². The molecule has 0 aromatic heterocycles. The SMILES string of the molecule is CCC1CCN(C(C)Cc2ccc(OC)cc2)C(CN)C1. The molecular formula is C18H30N2O. The number of nitrogens with zero attached hydrogens (tertiary/aromatic N) is 1. The Bertz CT molecular complexity index is 418. The molecule has 1 aromatic carbocycles. The first-order valence-corrected chi connectivity index (χ1v) is 8.26. The van der Waals surface area contributed by atoms with E-state index in [-0.39, 0.29) is 0 Å². The molecular weight excluding hydrogens is 260 g/mol. The molecule has 21 heavy (non-hydrogen) atoms. The molecule has 1 fully saturated rings. The van der Waals surface area contributed by atoms with Crippen LogP contribution in [0.3, 0.4) is 0 Å². The highest BCUT2D eigenvalue weighted by molar-refractivity contribution is 5.27. The summed E-state index contributed by atoms with van der Waals surface area (Å²) in [5, 5.41) is 0. The molecule has 1 aromatic rings. The lowest BCUT2D eigenvalue weighted by Crippen LogP contribution is -2.51. The van der Waals surface area contributed by atoms with E-state index in [1.54, 1.807) is 7.11 Å². The van der Waals surface area contributed by atoms with E-state index in [0.29, 0.717) is 12.1 Å². The van der Waals surface area contributed by atoms with Crippen molar-refractivity contribution in [1.82, 2.24) is 4.90 Å². The maximum absolute atomic E-state index is 6.02. The Morgan fingerprint density at radius 1 is 1.33 bits per heavy atom. The number of benzene rings is 1. The molecule has 0 radical (unpaired) electrons. The number of hydrogen-bond acceptors (Lipinski definition) is 3. The van der Waals surface area contributed by atoms with E-state index < -0.39 is 0 Å². The summed E-state index contributed by atoms with van der Waals surface area (Å²) in [5.74, 6) is 1.79. The van der Waals surface area contributed by atoms with Crippen LogP contribution >= 0.6 is 0 Å². The smallest absolute Gasteiger partial charge is 0.118 e. The van der Waals surface area contributed by atoms with Crippen molar-refractivity contribution >= 4 is 0 Å². The third-order valence-corrected chi connectivity index (χ3v) is 4.98. The van der Waals surface area contributed by atoms with E-state index in [0.717, 1.165) is 24.6 Å². The third-order valence-electron chi connectivity index (χ3n) is 4.98. The molecule has 3 nitrogen and oxygen atoms in total. The van der Waals surface area contributed by atoms with Crippen LogP contribution < -0.4 is 10.5 Å². The van der Waals surface area contributed by atoms with Crippen LogP contribution in [0.2, 0.25) is 0 Å². The van der Waals surface area contributed by atoms with E-state index in [1.165, 1.54) is 31.4 Å². The highest BCUT2D eigenvalue weighted by Gasteiger charge is 2.29. The van der Waals surface area contributed by atoms with Gasteiger partial charge in [0.15, 0.2) is 0 Å². The van der Waals surface area contributed by atoms with Crippen LogP contribution in [0.5, 0.6) is 5.75 Å². The number of rotatable bonds is 6. The Labute approximate surface area is 129 Å². The summed E-state index contributed by atoms with van der Waals surface area (Å²) in [4.78, 5) is 2.62. The fraction of sp³-hybridized carbons (Fsp3) is 0.667. The summed E-state index contributed by atoms with van der Waals surface area (Å²) in [7, 11) is 1.71. The van der Waals surface area contributed by atoms with Gasteiger partial charge in [-0.3, -0.25) is 4.90 Å². The molecule has 0 amide bonds. The molecule has 2 rings (SSSR count). The number of likely N-dealkylation sites (tertiary alicyclic amines) is 1. The van der Waals surface area contributed by atoms with Crippen LogP contribution in [0.15, 0.2) is 24.3 Å².